The van der Waals surface area contributed by atoms with E-state index in [0.717, 1.165) is 25.9 Å². The number of piperidine rings is 1. The van der Waals surface area contributed by atoms with Gasteiger partial charge in [0.05, 0.1) is 6.61 Å². The number of aliphatic carboxylic acids is 1. The van der Waals surface area contributed by atoms with Crippen molar-refractivity contribution in [3.05, 3.63) is 0 Å². The first-order valence-corrected chi connectivity index (χ1v) is 5.31. The minimum absolute atomic E-state index is 0.246. The van der Waals surface area contributed by atoms with Crippen LogP contribution in [0.4, 0.5) is 0 Å². The Hall–Kier alpha value is -0.650. The lowest BCUT2D eigenvalue weighted by atomic mass is 10.0. The van der Waals surface area contributed by atoms with Crippen LogP contribution >= 0.6 is 0 Å². The maximum Gasteiger partial charge on any atom is 0.323 e. The zero-order valence-electron chi connectivity index (χ0n) is 9.40. The van der Waals surface area contributed by atoms with Gasteiger partial charge < -0.3 is 15.2 Å². The van der Waals surface area contributed by atoms with Crippen LogP contribution in [0, 0.1) is 0 Å². The van der Waals surface area contributed by atoms with E-state index in [2.05, 4.69) is 5.32 Å². The van der Waals surface area contributed by atoms with Gasteiger partial charge in [-0.25, -0.2) is 0 Å². The third-order valence-corrected chi connectivity index (χ3v) is 2.99. The van der Waals surface area contributed by atoms with Crippen LogP contribution in [0.3, 0.4) is 0 Å². The second kappa shape index (κ2) is 6.05. The molecule has 1 aliphatic rings. The molecule has 0 amide bonds. The van der Waals surface area contributed by atoms with Crippen LogP contribution in [0.5, 0.6) is 0 Å². The van der Waals surface area contributed by atoms with Gasteiger partial charge in [-0.05, 0) is 33.0 Å². The molecule has 0 aromatic rings. The van der Waals surface area contributed by atoms with E-state index in [1.807, 2.05) is 11.9 Å². The van der Waals surface area contributed by atoms with E-state index in [1.54, 1.807) is 0 Å². The molecule has 1 rings (SSSR count). The number of carbonyl (C=O) groups is 1. The highest BCUT2D eigenvalue weighted by Gasteiger charge is 2.28. The molecule has 2 N–H and O–H groups in total. The Morgan fingerprint density at radius 1 is 1.60 bits per heavy atom. The van der Waals surface area contributed by atoms with E-state index in [1.165, 1.54) is 7.11 Å². The molecule has 15 heavy (non-hydrogen) atoms. The minimum atomic E-state index is -0.808. The maximum absolute atomic E-state index is 11.0. The summed E-state index contributed by atoms with van der Waals surface area (Å²) in [6.07, 6.45) is 2.01. The Balaban J connectivity index is 2.53. The number of carboxylic acid groups (broad SMARTS) is 1. The molecule has 88 valence electrons. The van der Waals surface area contributed by atoms with Gasteiger partial charge in [0, 0.05) is 13.2 Å². The van der Waals surface area contributed by atoms with Gasteiger partial charge >= 0.3 is 5.97 Å². The number of hydrogen-bond donors (Lipinski definition) is 2. The van der Waals surface area contributed by atoms with Crippen molar-refractivity contribution in [1.82, 2.24) is 10.2 Å². The van der Waals surface area contributed by atoms with Crippen LogP contribution in [0.25, 0.3) is 0 Å². The van der Waals surface area contributed by atoms with Crippen molar-refractivity contribution in [2.24, 2.45) is 0 Å². The predicted octanol–water partition coefficient (Wildman–Crippen LogP) is -0.230. The number of nitrogens with one attached hydrogen (secondary N) is 1. The lowest BCUT2D eigenvalue weighted by Gasteiger charge is -2.35. The van der Waals surface area contributed by atoms with Gasteiger partial charge in [0.2, 0.25) is 0 Å². The summed E-state index contributed by atoms with van der Waals surface area (Å²) in [4.78, 5) is 13.0. The molecule has 0 aromatic carbocycles. The number of rotatable bonds is 5. The second-order valence-electron chi connectivity index (χ2n) is 3.96. The minimum Gasteiger partial charge on any atom is -0.480 e. The quantitative estimate of drug-likeness (QED) is 0.664. The van der Waals surface area contributed by atoms with Crippen molar-refractivity contribution in [2.45, 2.75) is 24.9 Å². The summed E-state index contributed by atoms with van der Waals surface area (Å²) in [6.45, 7) is 2.18. The smallest absolute Gasteiger partial charge is 0.323 e. The first-order chi connectivity index (χ1) is 7.16. The van der Waals surface area contributed by atoms with Gasteiger partial charge in [-0.3, -0.25) is 9.69 Å². The largest absolute Gasteiger partial charge is 0.480 e. The summed E-state index contributed by atoms with van der Waals surface area (Å²) in [5.74, 6) is -0.808. The molecule has 1 atom stereocenters. The summed E-state index contributed by atoms with van der Waals surface area (Å²) in [5.41, 5.74) is 0. The molecule has 0 spiro atoms. The molecular formula is C10H20N2O3. The molecule has 0 saturated carbocycles. The lowest BCUT2D eigenvalue weighted by Crippen LogP contribution is -2.50. The number of nitrogens with zero attached hydrogens (tertiary/aromatic N) is 1. The van der Waals surface area contributed by atoms with E-state index in [4.69, 9.17) is 9.84 Å². The fraction of sp³-hybridized carbons (Fsp3) is 0.900. The summed E-state index contributed by atoms with van der Waals surface area (Å²) >= 11 is 0. The van der Waals surface area contributed by atoms with Crippen molar-refractivity contribution in [3.63, 3.8) is 0 Å². The van der Waals surface area contributed by atoms with Crippen LogP contribution < -0.4 is 5.32 Å². The molecule has 1 fully saturated rings. The van der Waals surface area contributed by atoms with Crippen LogP contribution in [0.1, 0.15) is 12.8 Å². The molecule has 0 aromatic heterocycles. The normalized spacial score (nSPS) is 20.5. The molecule has 0 radical (unpaired) electrons. The zero-order valence-corrected chi connectivity index (χ0v) is 9.40. The average Bonchev–Trinajstić information content (AvgIpc) is 2.26. The maximum atomic E-state index is 11.0. The topological polar surface area (TPSA) is 61.8 Å². The SMILES string of the molecule is COCC(C(=O)O)N(C)C1CCNCC1. The Labute approximate surface area is 90.4 Å². The Kier molecular flexibility index (Phi) is 5.01. The van der Waals surface area contributed by atoms with Gasteiger partial charge in [0.25, 0.3) is 0 Å². The fourth-order valence-corrected chi connectivity index (χ4v) is 1.99. The van der Waals surface area contributed by atoms with E-state index in [-0.39, 0.29) is 6.61 Å². The molecule has 1 heterocycles. The number of methoxy groups -OCH3 is 1. The summed E-state index contributed by atoms with van der Waals surface area (Å²) in [6, 6.07) is -0.180. The zero-order chi connectivity index (χ0) is 11.3. The predicted molar refractivity (Wildman–Crippen MR) is 57.0 cm³/mol. The summed E-state index contributed by atoms with van der Waals surface area (Å²) in [7, 11) is 3.40. The molecule has 1 aliphatic heterocycles. The number of hydrogen-bond acceptors (Lipinski definition) is 4. The Morgan fingerprint density at radius 2 is 2.20 bits per heavy atom. The highest BCUT2D eigenvalue weighted by molar-refractivity contribution is 5.73. The molecule has 1 unspecified atom stereocenters. The fourth-order valence-electron chi connectivity index (χ4n) is 1.99. The average molecular weight is 216 g/mol. The number of carboxylic acids is 1. The van der Waals surface area contributed by atoms with Gasteiger partial charge in [-0.1, -0.05) is 0 Å². The van der Waals surface area contributed by atoms with Crippen molar-refractivity contribution in [3.8, 4) is 0 Å². The summed E-state index contributed by atoms with van der Waals surface area (Å²) in [5, 5.41) is 12.3. The first kappa shape index (κ1) is 12.4. The third-order valence-electron chi connectivity index (χ3n) is 2.99. The number of ether oxygens (including phenoxy) is 1. The second-order valence-corrected chi connectivity index (χ2v) is 3.96. The van der Waals surface area contributed by atoms with Crippen LogP contribution in [-0.4, -0.2) is 61.9 Å². The van der Waals surface area contributed by atoms with Crippen molar-refractivity contribution in [2.75, 3.05) is 33.9 Å². The highest BCUT2D eigenvalue weighted by atomic mass is 16.5. The summed E-state index contributed by atoms with van der Waals surface area (Å²) < 4.78 is 4.94. The Morgan fingerprint density at radius 3 is 2.67 bits per heavy atom. The highest BCUT2D eigenvalue weighted by Crippen LogP contribution is 2.13. The number of likely N-dealkylation sites (N-methyl/N-ethyl adjacent to an activating group) is 1. The monoisotopic (exact) mass is 216 g/mol. The van der Waals surface area contributed by atoms with Crippen molar-refractivity contribution < 1.29 is 14.6 Å². The van der Waals surface area contributed by atoms with Gasteiger partial charge in [-0.15, -0.1) is 0 Å². The van der Waals surface area contributed by atoms with Crippen LogP contribution in [-0.2, 0) is 9.53 Å². The first-order valence-electron chi connectivity index (χ1n) is 5.31. The van der Waals surface area contributed by atoms with Gasteiger partial charge in [-0.2, -0.15) is 0 Å². The van der Waals surface area contributed by atoms with Crippen LogP contribution in [0.2, 0.25) is 0 Å². The van der Waals surface area contributed by atoms with Gasteiger partial charge in [0.1, 0.15) is 6.04 Å². The third kappa shape index (κ3) is 3.44. The van der Waals surface area contributed by atoms with Crippen LogP contribution in [0.15, 0.2) is 0 Å². The standard InChI is InChI=1S/C10H20N2O3/c1-12(8-3-5-11-6-4-8)9(7-15-2)10(13)14/h8-9,11H,3-7H2,1-2H3,(H,13,14). The van der Waals surface area contributed by atoms with E-state index < -0.39 is 12.0 Å². The molecule has 1 saturated heterocycles. The Bertz CT molecular complexity index is 205. The van der Waals surface area contributed by atoms with E-state index >= 15 is 0 Å². The molecular weight excluding hydrogens is 196 g/mol. The molecule has 5 heteroatoms. The molecule has 5 nitrogen and oxygen atoms in total. The van der Waals surface area contributed by atoms with E-state index in [0.29, 0.717) is 6.04 Å². The molecule has 0 bridgehead atoms. The van der Waals surface area contributed by atoms with Crippen molar-refractivity contribution >= 4 is 5.97 Å². The molecule has 0 aliphatic carbocycles. The van der Waals surface area contributed by atoms with Gasteiger partial charge in [0.15, 0.2) is 0 Å². The van der Waals surface area contributed by atoms with Crippen molar-refractivity contribution in [1.29, 1.82) is 0 Å². The lowest BCUT2D eigenvalue weighted by molar-refractivity contribution is -0.146. The van der Waals surface area contributed by atoms with E-state index in [9.17, 15) is 4.79 Å².